The minimum Gasteiger partial charge on any atom is -0.493 e. The fourth-order valence-corrected chi connectivity index (χ4v) is 4.74. The van der Waals surface area contributed by atoms with Gasteiger partial charge in [-0.15, -0.1) is 0 Å². The van der Waals surface area contributed by atoms with Gasteiger partial charge >= 0.3 is 0 Å². The quantitative estimate of drug-likeness (QED) is 0.461. The van der Waals surface area contributed by atoms with Gasteiger partial charge < -0.3 is 25.3 Å². The number of hydrogen-bond acceptors (Lipinski definition) is 5. The molecule has 3 aromatic rings. The lowest BCUT2D eigenvalue weighted by atomic mass is 10.0. The molecule has 1 atom stereocenters. The molecule has 1 aromatic carbocycles. The van der Waals surface area contributed by atoms with Crippen LogP contribution in [-0.4, -0.2) is 52.9 Å². The van der Waals surface area contributed by atoms with Gasteiger partial charge in [0.1, 0.15) is 0 Å². The van der Waals surface area contributed by atoms with Crippen LogP contribution in [0.1, 0.15) is 35.0 Å². The van der Waals surface area contributed by atoms with Crippen molar-refractivity contribution < 1.29 is 14.3 Å². The van der Waals surface area contributed by atoms with Crippen LogP contribution in [0, 0.1) is 23.7 Å². The molecule has 2 aliphatic heterocycles. The average molecular weight is 514 g/mol. The number of benzene rings is 1. The number of amides is 2. The molecule has 1 fully saturated rings. The van der Waals surface area contributed by atoms with Crippen molar-refractivity contribution in [1.82, 2.24) is 20.2 Å². The predicted octanol–water partition coefficient (Wildman–Crippen LogP) is 3.74. The lowest BCUT2D eigenvalue weighted by Crippen LogP contribution is -2.49. The fraction of sp³-hybridized carbons (Fsp3) is 0.250. The van der Waals surface area contributed by atoms with E-state index in [1.807, 2.05) is 18.2 Å². The lowest BCUT2D eigenvalue weighted by Gasteiger charge is -2.36. The number of halogens is 1. The van der Waals surface area contributed by atoms with Crippen LogP contribution in [-0.2, 0) is 11.2 Å². The summed E-state index contributed by atoms with van der Waals surface area (Å²) < 4.78 is 5.52. The number of rotatable bonds is 4. The molecule has 5 rings (SSSR count). The van der Waals surface area contributed by atoms with Gasteiger partial charge in [-0.3, -0.25) is 14.6 Å². The molecule has 37 heavy (non-hydrogen) atoms. The Hall–Kier alpha value is -4.40. The van der Waals surface area contributed by atoms with Crippen molar-refractivity contribution in [3.8, 4) is 40.7 Å². The summed E-state index contributed by atoms with van der Waals surface area (Å²) in [6.45, 7) is 2.82. The van der Waals surface area contributed by atoms with Gasteiger partial charge in [0.15, 0.2) is 5.75 Å². The molecule has 8 nitrogen and oxygen atoms in total. The number of carbonyl (C=O) groups is 2. The van der Waals surface area contributed by atoms with E-state index < -0.39 is 0 Å². The molecule has 2 aliphatic rings. The van der Waals surface area contributed by atoms with E-state index in [0.717, 1.165) is 17.7 Å². The highest BCUT2D eigenvalue weighted by atomic mass is 35.5. The number of carbonyl (C=O) groups excluding carboxylic acids is 2. The van der Waals surface area contributed by atoms with E-state index in [4.69, 9.17) is 16.3 Å². The number of likely N-dealkylation sites (tertiary alicyclic amines) is 1. The zero-order valence-electron chi connectivity index (χ0n) is 20.4. The number of para-hydroxylation sites is 1. The molecule has 1 saturated heterocycles. The molecule has 0 saturated carbocycles. The predicted molar refractivity (Wildman–Crippen MR) is 142 cm³/mol. The summed E-state index contributed by atoms with van der Waals surface area (Å²) in [5.41, 5.74) is 4.73. The molecule has 186 valence electrons. The van der Waals surface area contributed by atoms with Crippen molar-refractivity contribution in [2.75, 3.05) is 25.5 Å². The molecule has 0 aliphatic carbocycles. The van der Waals surface area contributed by atoms with Gasteiger partial charge in [0.05, 0.1) is 46.4 Å². The van der Waals surface area contributed by atoms with Crippen LogP contribution in [0.25, 0.3) is 11.3 Å². The van der Waals surface area contributed by atoms with Crippen molar-refractivity contribution in [3.63, 3.8) is 0 Å². The second kappa shape index (κ2) is 10.3. The van der Waals surface area contributed by atoms with Crippen LogP contribution in [0.5, 0.6) is 5.75 Å². The Morgan fingerprint density at radius 1 is 1.32 bits per heavy atom. The summed E-state index contributed by atoms with van der Waals surface area (Å²) in [6.07, 6.45) is 4.81. The summed E-state index contributed by atoms with van der Waals surface area (Å²) in [4.78, 5) is 34.5. The molecule has 0 bridgehead atoms. The second-order valence-corrected chi connectivity index (χ2v) is 8.96. The number of H-pyrrole nitrogens is 1. The first kappa shape index (κ1) is 24.3. The molecular formula is C28H24ClN5O3. The first-order chi connectivity index (χ1) is 18.0. The third-order valence-corrected chi connectivity index (χ3v) is 6.67. The standard InChI is InChI=1S/C28H24ClN5O3/c1-3-5-23(35)34-15-12-18(34)9-8-17-16-30-13-10-19(17)25-26(24-21(32-25)11-14-31-28(24)36)33-22-7-4-6-20(29)27(22)37-2/h4,6-7,10,13,16,18,32-33H,11-12,14-15H2,1-2H3,(H,31,36)/t18-/m1/s1. The number of hydrogen-bond donors (Lipinski definition) is 3. The maximum absolute atomic E-state index is 12.9. The smallest absolute Gasteiger partial charge is 0.299 e. The normalized spacial score (nSPS) is 15.7. The van der Waals surface area contributed by atoms with Crippen molar-refractivity contribution >= 4 is 34.8 Å². The third kappa shape index (κ3) is 4.60. The SMILES string of the molecule is CC#CC(=O)N1CC[C@H]1C#Cc1cnccc1-c1[nH]c2c(c1Nc1cccc(Cl)c1OC)C(=O)NCC2. The van der Waals surface area contributed by atoms with Crippen molar-refractivity contribution in [1.29, 1.82) is 0 Å². The zero-order valence-corrected chi connectivity index (χ0v) is 21.1. The number of ether oxygens (including phenoxy) is 1. The van der Waals surface area contributed by atoms with E-state index in [-0.39, 0.29) is 17.9 Å². The fourth-order valence-electron chi connectivity index (χ4n) is 4.49. The van der Waals surface area contributed by atoms with E-state index in [2.05, 4.69) is 44.3 Å². The number of fused-ring (bicyclic) bond motifs is 1. The number of nitrogens with one attached hydrogen (secondary N) is 3. The van der Waals surface area contributed by atoms with Crippen LogP contribution >= 0.6 is 11.6 Å². The maximum Gasteiger partial charge on any atom is 0.299 e. The van der Waals surface area contributed by atoms with Crippen LogP contribution in [0.2, 0.25) is 5.02 Å². The molecular weight excluding hydrogens is 490 g/mol. The molecule has 3 N–H and O–H groups in total. The number of anilines is 2. The Morgan fingerprint density at radius 2 is 2.19 bits per heavy atom. The Morgan fingerprint density at radius 3 is 2.95 bits per heavy atom. The second-order valence-electron chi connectivity index (χ2n) is 8.55. The van der Waals surface area contributed by atoms with Crippen LogP contribution < -0.4 is 15.4 Å². The molecule has 0 unspecified atom stereocenters. The highest BCUT2D eigenvalue weighted by Crippen LogP contribution is 2.41. The van der Waals surface area contributed by atoms with E-state index in [0.29, 0.717) is 58.5 Å². The number of aromatic amines is 1. The monoisotopic (exact) mass is 513 g/mol. The van der Waals surface area contributed by atoms with Gasteiger partial charge in [-0.2, -0.15) is 0 Å². The number of pyridine rings is 1. The van der Waals surface area contributed by atoms with Crippen molar-refractivity contribution in [2.24, 2.45) is 0 Å². The minimum absolute atomic E-state index is 0.172. The molecule has 4 heterocycles. The van der Waals surface area contributed by atoms with E-state index in [1.54, 1.807) is 37.4 Å². The van der Waals surface area contributed by atoms with Gasteiger partial charge in [0.2, 0.25) is 0 Å². The van der Waals surface area contributed by atoms with Gasteiger partial charge in [-0.1, -0.05) is 35.4 Å². The Bertz CT molecular complexity index is 1520. The number of nitrogens with zero attached hydrogens (tertiary/aromatic N) is 2. The molecule has 0 spiro atoms. The number of methoxy groups -OCH3 is 1. The summed E-state index contributed by atoms with van der Waals surface area (Å²) in [5.74, 6) is 11.7. The first-order valence-corrected chi connectivity index (χ1v) is 12.2. The maximum atomic E-state index is 12.9. The summed E-state index contributed by atoms with van der Waals surface area (Å²) in [7, 11) is 1.55. The molecule has 0 radical (unpaired) electrons. The highest BCUT2D eigenvalue weighted by Gasteiger charge is 2.30. The minimum atomic E-state index is -0.218. The average Bonchev–Trinajstić information content (AvgIpc) is 3.23. The largest absolute Gasteiger partial charge is 0.493 e. The Balaban J connectivity index is 1.58. The van der Waals surface area contributed by atoms with E-state index >= 15 is 0 Å². The zero-order chi connectivity index (χ0) is 25.9. The van der Waals surface area contributed by atoms with E-state index in [1.165, 1.54) is 0 Å². The molecule has 2 amide bonds. The van der Waals surface area contributed by atoms with Gasteiger partial charge in [0, 0.05) is 43.2 Å². The molecule has 9 heteroatoms. The van der Waals surface area contributed by atoms with Crippen molar-refractivity contribution in [2.45, 2.75) is 25.8 Å². The summed E-state index contributed by atoms with van der Waals surface area (Å²) in [5, 5.41) is 6.75. The van der Waals surface area contributed by atoms with Crippen LogP contribution in [0.4, 0.5) is 11.4 Å². The van der Waals surface area contributed by atoms with E-state index in [9.17, 15) is 9.59 Å². The Labute approximate surface area is 219 Å². The molecule has 2 aromatic heterocycles. The third-order valence-electron chi connectivity index (χ3n) is 6.37. The topological polar surface area (TPSA) is 99.3 Å². The summed E-state index contributed by atoms with van der Waals surface area (Å²) >= 11 is 6.35. The van der Waals surface area contributed by atoms with Crippen LogP contribution in [0.15, 0.2) is 36.7 Å². The Kier molecular flexibility index (Phi) is 6.76. The van der Waals surface area contributed by atoms with Gasteiger partial charge in [0.25, 0.3) is 11.8 Å². The lowest BCUT2D eigenvalue weighted by molar-refractivity contribution is -0.130. The number of aromatic nitrogens is 2. The highest BCUT2D eigenvalue weighted by molar-refractivity contribution is 6.32. The first-order valence-electron chi connectivity index (χ1n) is 11.8. The van der Waals surface area contributed by atoms with Gasteiger partial charge in [-0.05, 0) is 37.5 Å². The van der Waals surface area contributed by atoms with Gasteiger partial charge in [-0.25, -0.2) is 0 Å². The summed E-state index contributed by atoms with van der Waals surface area (Å²) in [6, 6.07) is 7.04. The van der Waals surface area contributed by atoms with Crippen molar-refractivity contribution in [3.05, 3.63) is 58.5 Å². The van der Waals surface area contributed by atoms with Crippen LogP contribution in [0.3, 0.4) is 0 Å².